The summed E-state index contributed by atoms with van der Waals surface area (Å²) in [7, 11) is 0. The maximum Gasteiger partial charge on any atom is 0.264 e. The molecular formula is C12H11N2O+. The van der Waals surface area contributed by atoms with Crippen LogP contribution in [0.25, 0.3) is 0 Å². The van der Waals surface area contributed by atoms with E-state index in [1.165, 1.54) is 0 Å². The molecule has 0 saturated carbocycles. The Balaban J connectivity index is 2.28. The summed E-state index contributed by atoms with van der Waals surface area (Å²) in [5.74, 6) is 0. The van der Waals surface area contributed by atoms with Crippen molar-refractivity contribution in [1.29, 1.82) is 0 Å². The van der Waals surface area contributed by atoms with Crippen LogP contribution in [0.2, 0.25) is 0 Å². The lowest BCUT2D eigenvalue weighted by molar-refractivity contribution is -0.690. The Hall–Kier alpha value is -2.03. The number of rotatable bonds is 3. The Morgan fingerprint density at radius 2 is 2.07 bits per heavy atom. The first-order chi connectivity index (χ1) is 7.40. The Labute approximate surface area is 88.0 Å². The van der Waals surface area contributed by atoms with Crippen molar-refractivity contribution in [3.8, 4) is 0 Å². The molecule has 3 nitrogen and oxygen atoms in total. The van der Waals surface area contributed by atoms with Gasteiger partial charge in [0, 0.05) is 5.56 Å². The standard InChI is InChI=1S/C12H11N2O/c15-10-12-8-13-6-7-14(12)9-11-4-2-1-3-5-11/h1-8,10H,9H2/q+1. The molecule has 1 aromatic heterocycles. The first kappa shape index (κ1) is 9.52. The zero-order chi connectivity index (χ0) is 10.5. The zero-order valence-electron chi connectivity index (χ0n) is 8.21. The minimum atomic E-state index is 0.585. The molecule has 0 fully saturated rings. The van der Waals surface area contributed by atoms with E-state index in [1.807, 2.05) is 34.9 Å². The van der Waals surface area contributed by atoms with E-state index in [0.29, 0.717) is 12.2 Å². The summed E-state index contributed by atoms with van der Waals surface area (Å²) in [6.07, 6.45) is 5.86. The Bertz CT molecular complexity index is 454. The average Bonchev–Trinajstić information content (AvgIpc) is 2.31. The first-order valence-corrected chi connectivity index (χ1v) is 4.73. The molecule has 0 atom stereocenters. The first-order valence-electron chi connectivity index (χ1n) is 4.73. The normalized spacial score (nSPS) is 9.87. The van der Waals surface area contributed by atoms with Crippen molar-refractivity contribution in [2.75, 3.05) is 0 Å². The van der Waals surface area contributed by atoms with E-state index in [1.54, 1.807) is 18.6 Å². The van der Waals surface area contributed by atoms with Crippen LogP contribution in [0.1, 0.15) is 16.1 Å². The molecule has 0 N–H and O–H groups in total. The Morgan fingerprint density at radius 1 is 1.27 bits per heavy atom. The van der Waals surface area contributed by atoms with Crippen molar-refractivity contribution >= 4 is 6.29 Å². The average molecular weight is 199 g/mol. The van der Waals surface area contributed by atoms with Gasteiger partial charge < -0.3 is 0 Å². The lowest BCUT2D eigenvalue weighted by Gasteiger charge is -1.98. The van der Waals surface area contributed by atoms with E-state index in [4.69, 9.17) is 0 Å². The molecular weight excluding hydrogens is 188 g/mol. The fourth-order valence-corrected chi connectivity index (χ4v) is 1.42. The Kier molecular flexibility index (Phi) is 2.83. The second kappa shape index (κ2) is 4.46. The minimum absolute atomic E-state index is 0.585. The summed E-state index contributed by atoms with van der Waals surface area (Å²) in [4.78, 5) is 14.7. The second-order valence-electron chi connectivity index (χ2n) is 3.23. The lowest BCUT2D eigenvalue weighted by atomic mass is 10.2. The van der Waals surface area contributed by atoms with E-state index in [2.05, 4.69) is 4.98 Å². The summed E-state index contributed by atoms with van der Waals surface area (Å²) >= 11 is 0. The molecule has 0 saturated heterocycles. The molecule has 15 heavy (non-hydrogen) atoms. The number of benzene rings is 1. The van der Waals surface area contributed by atoms with Crippen LogP contribution in [-0.2, 0) is 6.54 Å². The molecule has 0 aliphatic heterocycles. The van der Waals surface area contributed by atoms with Crippen LogP contribution < -0.4 is 4.57 Å². The van der Waals surface area contributed by atoms with Crippen molar-refractivity contribution in [3.63, 3.8) is 0 Å². The number of aromatic nitrogens is 2. The van der Waals surface area contributed by atoms with Crippen molar-refractivity contribution < 1.29 is 9.36 Å². The van der Waals surface area contributed by atoms with Crippen LogP contribution in [-0.4, -0.2) is 11.3 Å². The van der Waals surface area contributed by atoms with Gasteiger partial charge in [-0.15, -0.1) is 0 Å². The molecule has 0 spiro atoms. The van der Waals surface area contributed by atoms with Gasteiger partial charge in [-0.1, -0.05) is 30.3 Å². The number of carbonyl (C=O) groups is 1. The van der Waals surface area contributed by atoms with Gasteiger partial charge in [0.2, 0.25) is 6.29 Å². The summed E-state index contributed by atoms with van der Waals surface area (Å²) < 4.78 is 1.87. The summed E-state index contributed by atoms with van der Waals surface area (Å²) in [5, 5.41) is 0. The number of hydrogen-bond acceptors (Lipinski definition) is 2. The number of nitrogens with zero attached hydrogens (tertiary/aromatic N) is 2. The largest absolute Gasteiger partial charge is 0.291 e. The van der Waals surface area contributed by atoms with Crippen molar-refractivity contribution in [2.24, 2.45) is 0 Å². The van der Waals surface area contributed by atoms with Crippen LogP contribution in [0.3, 0.4) is 0 Å². The highest BCUT2D eigenvalue weighted by atomic mass is 16.1. The molecule has 2 rings (SSSR count). The van der Waals surface area contributed by atoms with Gasteiger partial charge in [-0.3, -0.25) is 9.78 Å². The van der Waals surface area contributed by atoms with Crippen molar-refractivity contribution in [1.82, 2.24) is 4.98 Å². The van der Waals surface area contributed by atoms with Crippen LogP contribution in [0.4, 0.5) is 0 Å². The highest BCUT2D eigenvalue weighted by molar-refractivity contribution is 5.68. The SMILES string of the molecule is O=Cc1cncc[n+]1Cc1ccccc1. The fraction of sp³-hybridized carbons (Fsp3) is 0.0833. The van der Waals surface area contributed by atoms with Crippen LogP contribution in [0, 0.1) is 0 Å². The van der Waals surface area contributed by atoms with Gasteiger partial charge in [-0.2, -0.15) is 4.57 Å². The molecule has 0 amide bonds. The third-order valence-corrected chi connectivity index (χ3v) is 2.19. The van der Waals surface area contributed by atoms with E-state index < -0.39 is 0 Å². The predicted molar refractivity (Wildman–Crippen MR) is 55.4 cm³/mol. The van der Waals surface area contributed by atoms with Crippen molar-refractivity contribution in [2.45, 2.75) is 6.54 Å². The molecule has 1 aromatic carbocycles. The molecule has 0 bridgehead atoms. The molecule has 0 unspecified atom stereocenters. The van der Waals surface area contributed by atoms with Crippen LogP contribution >= 0.6 is 0 Å². The Morgan fingerprint density at radius 3 is 2.80 bits per heavy atom. The van der Waals surface area contributed by atoms with Gasteiger partial charge in [-0.05, 0) is 0 Å². The van der Waals surface area contributed by atoms with E-state index in [9.17, 15) is 4.79 Å². The van der Waals surface area contributed by atoms with E-state index in [0.717, 1.165) is 11.8 Å². The smallest absolute Gasteiger partial charge is 0.264 e. The second-order valence-corrected chi connectivity index (χ2v) is 3.23. The third kappa shape index (κ3) is 2.26. The third-order valence-electron chi connectivity index (χ3n) is 2.19. The number of hydrogen-bond donors (Lipinski definition) is 0. The summed E-state index contributed by atoms with van der Waals surface area (Å²) in [5.41, 5.74) is 1.75. The van der Waals surface area contributed by atoms with Gasteiger partial charge in [0.05, 0.1) is 6.20 Å². The molecule has 3 heteroatoms. The number of aldehydes is 1. The van der Waals surface area contributed by atoms with Gasteiger partial charge in [0.15, 0.2) is 12.7 Å². The predicted octanol–water partition coefficient (Wildman–Crippen LogP) is 1.23. The maximum atomic E-state index is 10.8. The molecule has 0 radical (unpaired) electrons. The number of carbonyl (C=O) groups excluding carboxylic acids is 1. The molecule has 0 aliphatic rings. The lowest BCUT2D eigenvalue weighted by Crippen LogP contribution is -2.38. The highest BCUT2D eigenvalue weighted by Crippen LogP contribution is 1.97. The fourth-order valence-electron chi connectivity index (χ4n) is 1.42. The van der Waals surface area contributed by atoms with Crippen LogP contribution in [0.5, 0.6) is 0 Å². The van der Waals surface area contributed by atoms with E-state index >= 15 is 0 Å². The topological polar surface area (TPSA) is 33.8 Å². The van der Waals surface area contributed by atoms with E-state index in [-0.39, 0.29) is 0 Å². The van der Waals surface area contributed by atoms with Crippen molar-refractivity contribution in [3.05, 3.63) is 60.2 Å². The summed E-state index contributed by atoms with van der Waals surface area (Å²) in [6, 6.07) is 10.0. The summed E-state index contributed by atoms with van der Waals surface area (Å²) in [6.45, 7) is 0.692. The quantitative estimate of drug-likeness (QED) is 0.550. The maximum absolute atomic E-state index is 10.8. The van der Waals surface area contributed by atoms with Gasteiger partial charge in [0.25, 0.3) is 5.69 Å². The minimum Gasteiger partial charge on any atom is -0.291 e. The zero-order valence-corrected chi connectivity index (χ0v) is 8.21. The highest BCUT2D eigenvalue weighted by Gasteiger charge is 2.08. The molecule has 74 valence electrons. The van der Waals surface area contributed by atoms with Gasteiger partial charge in [-0.25, -0.2) is 0 Å². The van der Waals surface area contributed by atoms with Gasteiger partial charge >= 0.3 is 0 Å². The van der Waals surface area contributed by atoms with Gasteiger partial charge in [0.1, 0.15) is 6.20 Å². The molecule has 2 aromatic rings. The molecule has 1 heterocycles. The monoisotopic (exact) mass is 199 g/mol. The molecule has 0 aliphatic carbocycles. The van der Waals surface area contributed by atoms with Crippen LogP contribution in [0.15, 0.2) is 48.9 Å².